The van der Waals surface area contributed by atoms with Crippen molar-refractivity contribution in [2.45, 2.75) is 18.2 Å². The van der Waals surface area contributed by atoms with Crippen LogP contribution in [0.2, 0.25) is 0 Å². The third-order valence-electron chi connectivity index (χ3n) is 3.70. The second-order valence-electron chi connectivity index (χ2n) is 5.67. The van der Waals surface area contributed by atoms with Crippen molar-refractivity contribution in [1.29, 1.82) is 0 Å². The number of rotatable bonds is 6. The van der Waals surface area contributed by atoms with Gasteiger partial charge < -0.3 is 5.32 Å². The summed E-state index contributed by atoms with van der Waals surface area (Å²) in [7, 11) is 0. The summed E-state index contributed by atoms with van der Waals surface area (Å²) in [6.45, 7) is 3.53. The Morgan fingerprint density at radius 2 is 1.85 bits per heavy atom. The smallest absolute Gasteiger partial charge is 0.234 e. The summed E-state index contributed by atoms with van der Waals surface area (Å²) in [6.07, 6.45) is 0. The monoisotopic (exact) mass is 383 g/mol. The average Bonchev–Trinajstić information content (AvgIpc) is 3.09. The maximum atomic E-state index is 12.1. The SMILES string of the molecule is CC(=O)c1ccc(NC(=O)CSc2nc(-c3ccccc3C)ns2)cc1. The lowest BCUT2D eigenvalue weighted by Gasteiger charge is -2.04. The number of Topliss-reactive ketones (excluding diaryl/α,β-unsaturated/α-hetero) is 1. The predicted molar refractivity (Wildman–Crippen MR) is 106 cm³/mol. The number of carbonyl (C=O) groups excluding carboxylic acids is 2. The molecule has 1 N–H and O–H groups in total. The minimum absolute atomic E-state index is 0.000779. The van der Waals surface area contributed by atoms with E-state index in [2.05, 4.69) is 14.7 Å². The zero-order chi connectivity index (χ0) is 18.5. The van der Waals surface area contributed by atoms with Crippen LogP contribution in [-0.2, 0) is 4.79 Å². The van der Waals surface area contributed by atoms with Crippen molar-refractivity contribution in [2.24, 2.45) is 0 Å². The topological polar surface area (TPSA) is 72.0 Å². The molecule has 0 aliphatic carbocycles. The summed E-state index contributed by atoms with van der Waals surface area (Å²) in [5.41, 5.74) is 3.41. The van der Waals surface area contributed by atoms with E-state index in [-0.39, 0.29) is 17.4 Å². The first-order valence-corrected chi connectivity index (χ1v) is 9.72. The van der Waals surface area contributed by atoms with Crippen LogP contribution in [0.3, 0.4) is 0 Å². The van der Waals surface area contributed by atoms with Crippen LogP contribution < -0.4 is 5.32 Å². The van der Waals surface area contributed by atoms with Gasteiger partial charge in [0.25, 0.3) is 0 Å². The molecule has 0 radical (unpaired) electrons. The molecule has 0 atom stereocenters. The van der Waals surface area contributed by atoms with Crippen LogP contribution in [0.1, 0.15) is 22.8 Å². The minimum atomic E-state index is -0.127. The maximum Gasteiger partial charge on any atom is 0.234 e. The van der Waals surface area contributed by atoms with Gasteiger partial charge in [-0.1, -0.05) is 36.0 Å². The molecular weight excluding hydrogens is 366 g/mol. The third-order valence-corrected chi connectivity index (χ3v) is 5.53. The number of aromatic nitrogens is 2. The molecule has 3 rings (SSSR count). The van der Waals surface area contributed by atoms with E-state index in [4.69, 9.17) is 0 Å². The van der Waals surface area contributed by atoms with Gasteiger partial charge in [-0.15, -0.1) is 0 Å². The molecule has 0 unspecified atom stereocenters. The van der Waals surface area contributed by atoms with Crippen molar-refractivity contribution in [3.05, 3.63) is 59.7 Å². The quantitative estimate of drug-likeness (QED) is 0.503. The molecule has 0 saturated carbocycles. The zero-order valence-corrected chi connectivity index (χ0v) is 16.0. The Morgan fingerprint density at radius 1 is 1.12 bits per heavy atom. The molecule has 1 heterocycles. The fourth-order valence-electron chi connectivity index (χ4n) is 2.31. The number of nitrogens with zero attached hydrogens (tertiary/aromatic N) is 2. The van der Waals surface area contributed by atoms with Crippen LogP contribution in [0.5, 0.6) is 0 Å². The molecule has 0 saturated heterocycles. The number of carbonyl (C=O) groups is 2. The molecule has 2 aromatic carbocycles. The summed E-state index contributed by atoms with van der Waals surface area (Å²) >= 11 is 2.65. The van der Waals surface area contributed by atoms with Crippen molar-refractivity contribution in [3.63, 3.8) is 0 Å². The fraction of sp³-hybridized carbons (Fsp3) is 0.158. The molecule has 7 heteroatoms. The van der Waals surface area contributed by atoms with E-state index in [0.29, 0.717) is 17.1 Å². The Kier molecular flexibility index (Phi) is 5.80. The van der Waals surface area contributed by atoms with E-state index in [9.17, 15) is 9.59 Å². The molecule has 1 amide bonds. The first kappa shape index (κ1) is 18.3. The molecule has 5 nitrogen and oxygen atoms in total. The maximum absolute atomic E-state index is 12.1. The van der Waals surface area contributed by atoms with Gasteiger partial charge in [-0.05, 0) is 55.2 Å². The van der Waals surface area contributed by atoms with Crippen LogP contribution in [0.15, 0.2) is 52.9 Å². The standard InChI is InChI=1S/C19H17N3O2S2/c1-12-5-3-4-6-16(12)18-21-19(26-22-18)25-11-17(24)20-15-9-7-14(8-10-15)13(2)23/h3-10H,11H2,1-2H3,(H,20,24). The number of benzene rings is 2. The summed E-state index contributed by atoms with van der Waals surface area (Å²) in [5, 5.41) is 2.81. The summed E-state index contributed by atoms with van der Waals surface area (Å²) in [5.74, 6) is 0.810. The fourth-order valence-corrected chi connectivity index (χ4v) is 3.72. The lowest BCUT2D eigenvalue weighted by atomic mass is 10.1. The highest BCUT2D eigenvalue weighted by Crippen LogP contribution is 2.27. The van der Waals surface area contributed by atoms with E-state index in [0.717, 1.165) is 15.5 Å². The van der Waals surface area contributed by atoms with Crippen LogP contribution in [0.4, 0.5) is 5.69 Å². The molecule has 0 fully saturated rings. The zero-order valence-electron chi connectivity index (χ0n) is 14.4. The van der Waals surface area contributed by atoms with E-state index in [1.807, 2.05) is 31.2 Å². The Labute approximate surface area is 160 Å². The predicted octanol–water partition coefficient (Wildman–Crippen LogP) is 4.45. The molecule has 0 aliphatic rings. The molecule has 0 aliphatic heterocycles. The number of hydrogen-bond donors (Lipinski definition) is 1. The number of ketones is 1. The average molecular weight is 383 g/mol. The largest absolute Gasteiger partial charge is 0.325 e. The minimum Gasteiger partial charge on any atom is -0.325 e. The number of hydrogen-bond acceptors (Lipinski definition) is 6. The van der Waals surface area contributed by atoms with E-state index < -0.39 is 0 Å². The van der Waals surface area contributed by atoms with Gasteiger partial charge in [0, 0.05) is 16.8 Å². The first-order valence-electron chi connectivity index (χ1n) is 7.96. The Morgan fingerprint density at radius 3 is 2.54 bits per heavy atom. The lowest BCUT2D eigenvalue weighted by Crippen LogP contribution is -2.14. The van der Waals surface area contributed by atoms with Crippen molar-refractivity contribution in [3.8, 4) is 11.4 Å². The summed E-state index contributed by atoms with van der Waals surface area (Å²) < 4.78 is 5.14. The molecule has 0 bridgehead atoms. The van der Waals surface area contributed by atoms with Gasteiger partial charge in [-0.2, -0.15) is 4.37 Å². The van der Waals surface area contributed by atoms with Gasteiger partial charge in [0.05, 0.1) is 5.75 Å². The third kappa shape index (κ3) is 4.56. The van der Waals surface area contributed by atoms with Crippen LogP contribution in [0, 0.1) is 6.92 Å². The van der Waals surface area contributed by atoms with Crippen molar-refractivity contribution >= 4 is 40.7 Å². The molecule has 26 heavy (non-hydrogen) atoms. The van der Waals surface area contributed by atoms with Gasteiger partial charge in [0.2, 0.25) is 5.91 Å². The van der Waals surface area contributed by atoms with Gasteiger partial charge in [-0.25, -0.2) is 4.98 Å². The Balaban J connectivity index is 1.56. The summed E-state index contributed by atoms with van der Waals surface area (Å²) in [4.78, 5) is 27.9. The highest BCUT2D eigenvalue weighted by molar-refractivity contribution is 8.01. The van der Waals surface area contributed by atoms with Crippen molar-refractivity contribution in [1.82, 2.24) is 9.36 Å². The number of aryl methyl sites for hydroxylation is 1. The van der Waals surface area contributed by atoms with E-state index in [1.165, 1.54) is 30.2 Å². The Hall–Kier alpha value is -2.51. The molecule has 0 spiro atoms. The Bertz CT molecular complexity index is 936. The molecule has 3 aromatic rings. The van der Waals surface area contributed by atoms with Gasteiger partial charge in [0.1, 0.15) is 0 Å². The van der Waals surface area contributed by atoms with Crippen LogP contribution >= 0.6 is 23.3 Å². The van der Waals surface area contributed by atoms with Crippen LogP contribution in [0.25, 0.3) is 11.4 Å². The normalized spacial score (nSPS) is 10.5. The molecule has 1 aromatic heterocycles. The highest BCUT2D eigenvalue weighted by Gasteiger charge is 2.11. The lowest BCUT2D eigenvalue weighted by molar-refractivity contribution is -0.113. The molecule has 132 valence electrons. The number of amides is 1. The second-order valence-corrected chi connectivity index (χ2v) is 7.64. The second kappa shape index (κ2) is 8.25. The number of nitrogens with one attached hydrogen (secondary N) is 1. The van der Waals surface area contributed by atoms with Gasteiger partial charge >= 0.3 is 0 Å². The van der Waals surface area contributed by atoms with E-state index >= 15 is 0 Å². The highest BCUT2D eigenvalue weighted by atomic mass is 32.2. The van der Waals surface area contributed by atoms with Gasteiger partial charge in [-0.3, -0.25) is 9.59 Å². The number of anilines is 1. The number of thioether (sulfide) groups is 1. The molecular formula is C19H17N3O2S2. The summed E-state index contributed by atoms with van der Waals surface area (Å²) in [6, 6.07) is 14.8. The van der Waals surface area contributed by atoms with Crippen LogP contribution in [-0.4, -0.2) is 26.8 Å². The first-order chi connectivity index (χ1) is 12.5. The van der Waals surface area contributed by atoms with Crippen molar-refractivity contribution < 1.29 is 9.59 Å². The van der Waals surface area contributed by atoms with Crippen molar-refractivity contribution in [2.75, 3.05) is 11.1 Å². The van der Waals surface area contributed by atoms with E-state index in [1.54, 1.807) is 24.3 Å². The van der Waals surface area contributed by atoms with Gasteiger partial charge in [0.15, 0.2) is 15.9 Å².